The summed E-state index contributed by atoms with van der Waals surface area (Å²) in [5, 5.41) is 8.29. The predicted octanol–water partition coefficient (Wildman–Crippen LogP) is 3.59. The van der Waals surface area contributed by atoms with Gasteiger partial charge in [-0.05, 0) is 49.9 Å². The Labute approximate surface area is 170 Å². The first-order valence-electron chi connectivity index (χ1n) is 10.1. The average Bonchev–Trinajstić information content (AvgIpc) is 2.79. The van der Waals surface area contributed by atoms with E-state index in [1.54, 1.807) is 36.3 Å². The quantitative estimate of drug-likeness (QED) is 0.697. The lowest BCUT2D eigenvalue weighted by atomic mass is 9.91. The van der Waals surface area contributed by atoms with Crippen molar-refractivity contribution in [2.75, 3.05) is 7.11 Å². The highest BCUT2D eigenvalue weighted by atomic mass is 16.5. The normalized spacial score (nSPS) is 19.1. The maximum absolute atomic E-state index is 12.4. The summed E-state index contributed by atoms with van der Waals surface area (Å²) in [6.07, 6.45) is 7.41. The third-order valence-electron chi connectivity index (χ3n) is 5.62. The first-order valence-corrected chi connectivity index (χ1v) is 10.1. The Morgan fingerprint density at radius 2 is 1.79 bits per heavy atom. The van der Waals surface area contributed by atoms with E-state index in [2.05, 4.69) is 21.5 Å². The Bertz CT molecular complexity index is 995. The van der Waals surface area contributed by atoms with Crippen molar-refractivity contribution in [3.8, 4) is 17.0 Å². The van der Waals surface area contributed by atoms with Crippen LogP contribution in [0.3, 0.4) is 0 Å². The number of methoxy groups -OCH3 is 1. The van der Waals surface area contributed by atoms with Crippen LogP contribution in [0.25, 0.3) is 11.3 Å². The topological polar surface area (TPSA) is 69.0 Å². The molecule has 0 spiro atoms. The summed E-state index contributed by atoms with van der Waals surface area (Å²) >= 11 is 0. The average molecular weight is 390 g/mol. The summed E-state index contributed by atoms with van der Waals surface area (Å²) in [6, 6.07) is 15.9. The van der Waals surface area contributed by atoms with E-state index in [4.69, 9.17) is 4.74 Å². The molecule has 0 unspecified atom stereocenters. The van der Waals surface area contributed by atoms with Gasteiger partial charge in [-0.15, -0.1) is 0 Å². The lowest BCUT2D eigenvalue weighted by Crippen LogP contribution is -2.36. The van der Waals surface area contributed by atoms with Gasteiger partial charge in [0.05, 0.1) is 18.8 Å². The standard InChI is InChI=1S/C23H26N4O2/c1-29-22-5-3-2-4-18(22)16-25-19-6-8-20(9-7-19)27-23(28)11-10-21(26-27)17-12-14-24-15-13-17/h2-5,10-15,19-20,25H,6-9,16H2,1H3. The number of nitrogens with zero attached hydrogens (tertiary/aromatic N) is 3. The molecule has 0 amide bonds. The molecule has 1 aliphatic carbocycles. The zero-order valence-electron chi connectivity index (χ0n) is 16.6. The van der Waals surface area contributed by atoms with Crippen LogP contribution in [0.2, 0.25) is 0 Å². The van der Waals surface area contributed by atoms with E-state index in [1.165, 1.54) is 5.56 Å². The molecule has 1 N–H and O–H groups in total. The van der Waals surface area contributed by atoms with Crippen molar-refractivity contribution in [3.63, 3.8) is 0 Å². The van der Waals surface area contributed by atoms with Gasteiger partial charge in [-0.25, -0.2) is 4.68 Å². The first kappa shape index (κ1) is 19.3. The number of para-hydroxylation sites is 1. The molecule has 0 radical (unpaired) electrons. The molecule has 2 heterocycles. The van der Waals surface area contributed by atoms with Crippen LogP contribution in [0, 0.1) is 0 Å². The van der Waals surface area contributed by atoms with Crippen molar-refractivity contribution in [2.45, 2.75) is 44.3 Å². The van der Waals surface area contributed by atoms with E-state index in [-0.39, 0.29) is 11.6 Å². The first-order chi connectivity index (χ1) is 14.2. The van der Waals surface area contributed by atoms with Crippen LogP contribution in [0.1, 0.15) is 37.3 Å². The molecule has 6 heteroatoms. The lowest BCUT2D eigenvalue weighted by molar-refractivity contribution is 0.268. The molecule has 3 aromatic rings. The summed E-state index contributed by atoms with van der Waals surface area (Å²) in [5.41, 5.74) is 2.91. The third kappa shape index (κ3) is 4.54. The highest BCUT2D eigenvalue weighted by Crippen LogP contribution is 2.28. The van der Waals surface area contributed by atoms with E-state index in [9.17, 15) is 4.79 Å². The third-order valence-corrected chi connectivity index (χ3v) is 5.62. The number of nitrogens with one attached hydrogen (secondary N) is 1. The van der Waals surface area contributed by atoms with E-state index in [1.807, 2.05) is 30.3 Å². The maximum Gasteiger partial charge on any atom is 0.267 e. The second-order valence-corrected chi connectivity index (χ2v) is 7.44. The minimum absolute atomic E-state index is 0.0340. The van der Waals surface area contributed by atoms with Gasteiger partial charge < -0.3 is 10.1 Å². The minimum Gasteiger partial charge on any atom is -0.496 e. The Morgan fingerprint density at radius 1 is 1.03 bits per heavy atom. The SMILES string of the molecule is COc1ccccc1CNC1CCC(n2nc(-c3ccncc3)ccc2=O)CC1. The van der Waals surface area contributed by atoms with Gasteiger partial charge in [0.25, 0.3) is 5.56 Å². The fourth-order valence-electron chi connectivity index (χ4n) is 3.99. The molecule has 1 saturated carbocycles. The van der Waals surface area contributed by atoms with E-state index < -0.39 is 0 Å². The van der Waals surface area contributed by atoms with E-state index >= 15 is 0 Å². The minimum atomic E-state index is -0.0340. The molecule has 0 aliphatic heterocycles. The van der Waals surface area contributed by atoms with Crippen LogP contribution in [0.5, 0.6) is 5.75 Å². The van der Waals surface area contributed by atoms with Gasteiger partial charge in [0.2, 0.25) is 0 Å². The van der Waals surface area contributed by atoms with Crippen LogP contribution in [-0.4, -0.2) is 27.9 Å². The van der Waals surface area contributed by atoms with Gasteiger partial charge in [-0.3, -0.25) is 9.78 Å². The van der Waals surface area contributed by atoms with Crippen molar-refractivity contribution < 1.29 is 4.74 Å². The molecule has 0 atom stereocenters. The molecule has 1 aliphatic rings. The van der Waals surface area contributed by atoms with Crippen LogP contribution >= 0.6 is 0 Å². The number of ether oxygens (including phenoxy) is 1. The maximum atomic E-state index is 12.4. The molecule has 0 saturated heterocycles. The Hall–Kier alpha value is -2.99. The van der Waals surface area contributed by atoms with Crippen LogP contribution in [0.15, 0.2) is 65.7 Å². The molecule has 0 bridgehead atoms. The smallest absolute Gasteiger partial charge is 0.267 e. The summed E-state index contributed by atoms with van der Waals surface area (Å²) in [6.45, 7) is 0.787. The largest absolute Gasteiger partial charge is 0.496 e. The van der Waals surface area contributed by atoms with Crippen LogP contribution in [0.4, 0.5) is 0 Å². The summed E-state index contributed by atoms with van der Waals surface area (Å²) in [7, 11) is 1.70. The number of pyridine rings is 1. The zero-order valence-corrected chi connectivity index (χ0v) is 16.6. The molecule has 1 aromatic carbocycles. The van der Waals surface area contributed by atoms with Crippen molar-refractivity contribution in [3.05, 3.63) is 76.8 Å². The van der Waals surface area contributed by atoms with Crippen molar-refractivity contribution in [1.82, 2.24) is 20.1 Å². The highest BCUT2D eigenvalue weighted by Gasteiger charge is 2.24. The monoisotopic (exact) mass is 390 g/mol. The van der Waals surface area contributed by atoms with Crippen molar-refractivity contribution in [1.29, 1.82) is 0 Å². The molecule has 150 valence electrons. The van der Waals surface area contributed by atoms with Gasteiger partial charge in [-0.2, -0.15) is 5.10 Å². The predicted molar refractivity (Wildman–Crippen MR) is 113 cm³/mol. The van der Waals surface area contributed by atoms with Gasteiger partial charge in [0.1, 0.15) is 5.75 Å². The Balaban J connectivity index is 1.39. The van der Waals surface area contributed by atoms with Crippen LogP contribution in [-0.2, 0) is 6.54 Å². The van der Waals surface area contributed by atoms with Gasteiger partial charge in [0.15, 0.2) is 0 Å². The number of hydrogen-bond acceptors (Lipinski definition) is 5. The van der Waals surface area contributed by atoms with Crippen LogP contribution < -0.4 is 15.6 Å². The molecule has 4 rings (SSSR count). The Kier molecular flexibility index (Phi) is 6.00. The van der Waals surface area contributed by atoms with E-state index in [0.29, 0.717) is 6.04 Å². The second-order valence-electron chi connectivity index (χ2n) is 7.44. The summed E-state index contributed by atoms with van der Waals surface area (Å²) in [4.78, 5) is 16.5. The Morgan fingerprint density at radius 3 is 2.55 bits per heavy atom. The molecule has 29 heavy (non-hydrogen) atoms. The zero-order chi connectivity index (χ0) is 20.1. The fourth-order valence-corrected chi connectivity index (χ4v) is 3.99. The fraction of sp³-hybridized carbons (Fsp3) is 0.348. The van der Waals surface area contributed by atoms with E-state index in [0.717, 1.165) is 49.2 Å². The lowest BCUT2D eigenvalue weighted by Gasteiger charge is -2.30. The molecule has 2 aromatic heterocycles. The number of benzene rings is 1. The molecule has 1 fully saturated rings. The molecular weight excluding hydrogens is 364 g/mol. The highest BCUT2D eigenvalue weighted by molar-refractivity contribution is 5.57. The number of rotatable bonds is 6. The molecular formula is C23H26N4O2. The van der Waals surface area contributed by atoms with Crippen molar-refractivity contribution >= 4 is 0 Å². The van der Waals surface area contributed by atoms with Gasteiger partial charge >= 0.3 is 0 Å². The second kappa shape index (κ2) is 9.01. The van der Waals surface area contributed by atoms with Gasteiger partial charge in [0, 0.05) is 42.2 Å². The van der Waals surface area contributed by atoms with Gasteiger partial charge in [-0.1, -0.05) is 18.2 Å². The van der Waals surface area contributed by atoms with Crippen molar-refractivity contribution in [2.24, 2.45) is 0 Å². The summed E-state index contributed by atoms with van der Waals surface area (Å²) in [5.74, 6) is 0.914. The summed E-state index contributed by atoms with van der Waals surface area (Å²) < 4.78 is 7.10. The molecule has 6 nitrogen and oxygen atoms in total. The number of hydrogen-bond donors (Lipinski definition) is 1. The number of aromatic nitrogens is 3.